The zero-order chi connectivity index (χ0) is 7.56. The number of carbonyl (C=O) groups excluding carboxylic acids is 1. The fourth-order valence-electron chi connectivity index (χ4n) is 0.263. The molecule has 4 heteroatoms. The summed E-state index contributed by atoms with van der Waals surface area (Å²) >= 11 is 1.05. The Bertz CT molecular complexity index is 162. The molecule has 0 aromatic heterocycles. The van der Waals surface area contributed by atoms with E-state index in [9.17, 15) is 4.79 Å². The highest BCUT2D eigenvalue weighted by Crippen LogP contribution is 2.25. The minimum atomic E-state index is -0.375. The van der Waals surface area contributed by atoms with Gasteiger partial charge in [0.1, 0.15) is 0 Å². The quantitative estimate of drug-likeness (QED) is 0.352. The van der Waals surface area contributed by atoms with Crippen LogP contribution in [0.2, 0.25) is 0 Å². The van der Waals surface area contributed by atoms with Gasteiger partial charge >= 0.3 is 5.97 Å². The molecule has 3 nitrogen and oxygen atoms in total. The van der Waals surface area contributed by atoms with Gasteiger partial charge in [-0.1, -0.05) is 6.58 Å². The molecule has 1 aliphatic rings. The molecule has 10 heavy (non-hydrogen) atoms. The van der Waals surface area contributed by atoms with Gasteiger partial charge in [-0.15, -0.1) is 0 Å². The first-order chi connectivity index (χ1) is 4.70. The Balaban J connectivity index is 2.11. The zero-order valence-electron chi connectivity index (χ0n) is 5.62. The molecule has 1 saturated heterocycles. The van der Waals surface area contributed by atoms with E-state index in [0.29, 0.717) is 12.2 Å². The fourth-order valence-corrected chi connectivity index (χ4v) is 0.790. The maximum absolute atomic E-state index is 10.7. The van der Waals surface area contributed by atoms with E-state index in [1.54, 1.807) is 6.92 Å². The molecule has 1 heterocycles. The first-order valence-corrected chi connectivity index (χ1v) is 3.65. The predicted molar refractivity (Wildman–Crippen MR) is 38.2 cm³/mol. The van der Waals surface area contributed by atoms with Crippen molar-refractivity contribution in [1.29, 1.82) is 0 Å². The lowest BCUT2D eigenvalue weighted by Gasteiger charge is -1.96. The standard InChI is InChI=1S/C6H8O3S/c1-4(2)6(7)9-10-5-3-8-5/h5H,1,3H2,2H3. The molecule has 56 valence electrons. The maximum Gasteiger partial charge on any atom is 0.345 e. The first kappa shape index (κ1) is 7.63. The SMILES string of the molecule is C=C(C)C(=O)OSC1CO1. The molecule has 1 unspecified atom stereocenters. The molecule has 1 rings (SSSR count). The molecule has 0 spiro atoms. The van der Waals surface area contributed by atoms with Crippen LogP contribution in [0, 0.1) is 0 Å². The fraction of sp³-hybridized carbons (Fsp3) is 0.500. The molecule has 0 saturated carbocycles. The molecule has 0 aromatic rings. The van der Waals surface area contributed by atoms with Gasteiger partial charge < -0.3 is 8.92 Å². The summed E-state index contributed by atoms with van der Waals surface area (Å²) in [6.45, 7) is 5.71. The molecule has 0 aliphatic carbocycles. The second kappa shape index (κ2) is 3.07. The Labute approximate surface area is 63.6 Å². The van der Waals surface area contributed by atoms with Gasteiger partial charge in [-0.3, -0.25) is 0 Å². The second-order valence-corrected chi connectivity index (χ2v) is 2.90. The van der Waals surface area contributed by atoms with E-state index in [-0.39, 0.29) is 11.4 Å². The van der Waals surface area contributed by atoms with Gasteiger partial charge in [0.05, 0.1) is 18.6 Å². The minimum Gasteiger partial charge on any atom is -0.385 e. The van der Waals surface area contributed by atoms with Crippen molar-refractivity contribution < 1.29 is 13.7 Å². The lowest BCUT2D eigenvalue weighted by molar-refractivity contribution is -0.128. The summed E-state index contributed by atoms with van der Waals surface area (Å²) in [5.41, 5.74) is 0.469. The molecule has 0 amide bonds. The molecule has 0 radical (unpaired) electrons. The van der Waals surface area contributed by atoms with E-state index in [4.69, 9.17) is 4.74 Å². The highest BCUT2D eigenvalue weighted by molar-refractivity contribution is 7.95. The topological polar surface area (TPSA) is 38.8 Å². The molecular formula is C6H8O3S. The molecule has 1 atom stereocenters. The van der Waals surface area contributed by atoms with Crippen LogP contribution < -0.4 is 0 Å². The van der Waals surface area contributed by atoms with Crippen LogP contribution in [0.25, 0.3) is 0 Å². The predicted octanol–water partition coefficient (Wildman–Crippen LogP) is 1.11. The highest BCUT2D eigenvalue weighted by Gasteiger charge is 2.26. The number of hydrogen-bond donors (Lipinski definition) is 0. The second-order valence-electron chi connectivity index (χ2n) is 2.01. The summed E-state index contributed by atoms with van der Waals surface area (Å²) in [6.07, 6.45) is 0. The minimum absolute atomic E-state index is 0.0586. The maximum atomic E-state index is 10.7. The number of ether oxygens (including phenoxy) is 1. The van der Waals surface area contributed by atoms with E-state index < -0.39 is 0 Å². The third-order valence-corrected chi connectivity index (χ3v) is 1.62. The average molecular weight is 160 g/mol. The van der Waals surface area contributed by atoms with Crippen molar-refractivity contribution in [1.82, 2.24) is 0 Å². The van der Waals surface area contributed by atoms with Gasteiger partial charge in [0.2, 0.25) is 0 Å². The van der Waals surface area contributed by atoms with Crippen molar-refractivity contribution in [3.8, 4) is 0 Å². The number of rotatable bonds is 3. The van der Waals surface area contributed by atoms with Crippen LogP contribution in [0.1, 0.15) is 6.92 Å². The van der Waals surface area contributed by atoms with E-state index in [1.807, 2.05) is 0 Å². The third kappa shape index (κ3) is 2.41. The van der Waals surface area contributed by atoms with Gasteiger partial charge in [-0.2, -0.15) is 0 Å². The van der Waals surface area contributed by atoms with Gasteiger partial charge in [-0.25, -0.2) is 4.79 Å². The molecule has 0 N–H and O–H groups in total. The molecule has 1 aliphatic heterocycles. The number of hydrogen-bond acceptors (Lipinski definition) is 4. The van der Waals surface area contributed by atoms with Crippen LogP contribution in [0.5, 0.6) is 0 Å². The summed E-state index contributed by atoms with van der Waals surface area (Å²) in [6, 6.07) is 0. The summed E-state index contributed by atoms with van der Waals surface area (Å²) in [5.74, 6) is -0.375. The molecular weight excluding hydrogens is 152 g/mol. The van der Waals surface area contributed by atoms with Crippen molar-refractivity contribution >= 4 is 18.0 Å². The normalized spacial score (nSPS) is 21.9. The zero-order valence-corrected chi connectivity index (χ0v) is 6.44. The van der Waals surface area contributed by atoms with E-state index in [0.717, 1.165) is 12.0 Å². The van der Waals surface area contributed by atoms with Crippen LogP contribution in [0.15, 0.2) is 12.2 Å². The van der Waals surface area contributed by atoms with Crippen molar-refractivity contribution in [3.05, 3.63) is 12.2 Å². The summed E-state index contributed by atoms with van der Waals surface area (Å²) in [4.78, 5) is 10.7. The van der Waals surface area contributed by atoms with Crippen LogP contribution in [0.4, 0.5) is 0 Å². The summed E-state index contributed by atoms with van der Waals surface area (Å²) < 4.78 is 9.48. The van der Waals surface area contributed by atoms with E-state index in [2.05, 4.69) is 10.8 Å². The number of epoxide rings is 1. The van der Waals surface area contributed by atoms with Gasteiger partial charge in [0, 0.05) is 5.57 Å². The van der Waals surface area contributed by atoms with Gasteiger partial charge in [0.15, 0.2) is 5.44 Å². The van der Waals surface area contributed by atoms with Crippen LogP contribution in [-0.4, -0.2) is 18.0 Å². The first-order valence-electron chi connectivity index (χ1n) is 2.85. The Hall–Kier alpha value is -0.480. The van der Waals surface area contributed by atoms with Crippen molar-refractivity contribution in [2.24, 2.45) is 0 Å². The Morgan fingerprint density at radius 1 is 1.90 bits per heavy atom. The van der Waals surface area contributed by atoms with Gasteiger partial charge in [0.25, 0.3) is 0 Å². The molecule has 1 fully saturated rings. The Kier molecular flexibility index (Phi) is 2.34. The van der Waals surface area contributed by atoms with Gasteiger partial charge in [-0.05, 0) is 6.92 Å². The lowest BCUT2D eigenvalue weighted by Crippen LogP contribution is -1.99. The summed E-state index contributed by atoms with van der Waals surface area (Å²) in [7, 11) is 0. The van der Waals surface area contributed by atoms with E-state index in [1.165, 1.54) is 0 Å². The van der Waals surface area contributed by atoms with Crippen LogP contribution in [0.3, 0.4) is 0 Å². The largest absolute Gasteiger partial charge is 0.385 e. The Morgan fingerprint density at radius 3 is 2.90 bits per heavy atom. The average Bonchev–Trinajstić information content (AvgIpc) is 2.64. The monoisotopic (exact) mass is 160 g/mol. The van der Waals surface area contributed by atoms with Crippen molar-refractivity contribution in [2.75, 3.05) is 6.61 Å². The van der Waals surface area contributed by atoms with E-state index >= 15 is 0 Å². The smallest absolute Gasteiger partial charge is 0.345 e. The Morgan fingerprint density at radius 2 is 2.50 bits per heavy atom. The van der Waals surface area contributed by atoms with Crippen LogP contribution >= 0.6 is 12.0 Å². The van der Waals surface area contributed by atoms with Crippen molar-refractivity contribution in [2.45, 2.75) is 12.4 Å². The third-order valence-electron chi connectivity index (χ3n) is 0.882. The summed E-state index contributed by atoms with van der Waals surface area (Å²) in [5, 5.41) is 0. The lowest BCUT2D eigenvalue weighted by atomic mass is 10.4. The molecule has 0 bridgehead atoms. The number of carbonyl (C=O) groups is 1. The highest BCUT2D eigenvalue weighted by atomic mass is 32.2. The van der Waals surface area contributed by atoms with Crippen LogP contribution in [-0.2, 0) is 13.7 Å². The molecule has 0 aromatic carbocycles. The van der Waals surface area contributed by atoms with Crippen molar-refractivity contribution in [3.63, 3.8) is 0 Å².